The summed E-state index contributed by atoms with van der Waals surface area (Å²) < 4.78 is 10.7. The van der Waals surface area contributed by atoms with Crippen LogP contribution < -0.4 is 21.7 Å². The van der Waals surface area contributed by atoms with Crippen molar-refractivity contribution in [3.8, 4) is 11.3 Å². The van der Waals surface area contributed by atoms with Gasteiger partial charge in [-0.05, 0) is 51.5 Å². The van der Waals surface area contributed by atoms with Crippen LogP contribution in [0.2, 0.25) is 10.2 Å². The first-order valence-electron chi connectivity index (χ1n) is 12.7. The lowest BCUT2D eigenvalue weighted by molar-refractivity contribution is 0.0574. The van der Waals surface area contributed by atoms with E-state index in [2.05, 4.69) is 32.8 Å². The Balaban J connectivity index is 1.40. The van der Waals surface area contributed by atoms with E-state index in [1.807, 2.05) is 6.07 Å². The van der Waals surface area contributed by atoms with Crippen LogP contribution in [-0.4, -0.2) is 72.1 Å². The molecule has 11 heteroatoms. The lowest BCUT2D eigenvalue weighted by Gasteiger charge is -2.33. The minimum atomic E-state index is -0.332. The largest absolute Gasteiger partial charge is 0.383 e. The topological polar surface area (TPSA) is 119 Å². The van der Waals surface area contributed by atoms with Crippen LogP contribution in [0.4, 0.5) is 11.6 Å². The Bertz CT molecular complexity index is 998. The van der Waals surface area contributed by atoms with Gasteiger partial charge >= 0.3 is 0 Å². The van der Waals surface area contributed by atoms with Gasteiger partial charge in [0.25, 0.3) is 0 Å². The number of nitrogens with two attached hydrogens (primary N) is 1. The Hall–Kier alpha value is -1.75. The van der Waals surface area contributed by atoms with Gasteiger partial charge < -0.3 is 31.2 Å². The Kier molecular flexibility index (Phi) is 9.60. The zero-order chi connectivity index (χ0) is 25.5. The van der Waals surface area contributed by atoms with Crippen molar-refractivity contribution in [3.63, 3.8) is 0 Å². The molecule has 1 atom stereocenters. The number of aromatic nitrogens is 3. The molecule has 0 bridgehead atoms. The normalized spacial score (nSPS) is 22.7. The predicted molar refractivity (Wildman–Crippen MR) is 145 cm³/mol. The minimum Gasteiger partial charge on any atom is -0.383 e. The number of ether oxygens (including phenoxy) is 2. The number of nitrogens with one attached hydrogen (secondary N) is 3. The third kappa shape index (κ3) is 7.40. The maximum atomic E-state index is 6.52. The van der Waals surface area contributed by atoms with Crippen molar-refractivity contribution in [2.75, 3.05) is 44.1 Å². The van der Waals surface area contributed by atoms with E-state index in [0.717, 1.165) is 50.9 Å². The van der Waals surface area contributed by atoms with E-state index in [1.165, 1.54) is 0 Å². The summed E-state index contributed by atoms with van der Waals surface area (Å²) in [6.45, 7) is 4.79. The van der Waals surface area contributed by atoms with E-state index in [1.54, 1.807) is 19.5 Å². The first kappa shape index (κ1) is 27.3. The summed E-state index contributed by atoms with van der Waals surface area (Å²) in [6, 6.07) is 3.11. The second-order valence-electron chi connectivity index (χ2n) is 9.99. The fraction of sp³-hybridized carbons (Fsp3) is 0.640. The van der Waals surface area contributed by atoms with Crippen molar-refractivity contribution >= 4 is 34.8 Å². The number of anilines is 2. The fourth-order valence-corrected chi connectivity index (χ4v) is 5.25. The summed E-state index contributed by atoms with van der Waals surface area (Å²) in [5.41, 5.74) is 7.37. The molecule has 5 N–H and O–H groups in total. The van der Waals surface area contributed by atoms with Gasteiger partial charge in [0.15, 0.2) is 5.15 Å². The maximum Gasteiger partial charge on any atom is 0.155 e. The molecule has 2 fully saturated rings. The van der Waals surface area contributed by atoms with Crippen molar-refractivity contribution in [2.45, 2.75) is 69.1 Å². The smallest absolute Gasteiger partial charge is 0.155 e. The molecule has 1 saturated heterocycles. The van der Waals surface area contributed by atoms with Gasteiger partial charge in [-0.25, -0.2) is 15.0 Å². The molecule has 1 aliphatic carbocycles. The van der Waals surface area contributed by atoms with Crippen molar-refractivity contribution in [1.82, 2.24) is 20.3 Å². The third-order valence-electron chi connectivity index (χ3n) is 6.96. The zero-order valence-electron chi connectivity index (χ0n) is 21.0. The van der Waals surface area contributed by atoms with Gasteiger partial charge in [-0.2, -0.15) is 0 Å². The number of hydrogen-bond donors (Lipinski definition) is 4. The van der Waals surface area contributed by atoms with Gasteiger partial charge in [0.05, 0.1) is 17.8 Å². The molecule has 4 rings (SSSR count). The van der Waals surface area contributed by atoms with Crippen molar-refractivity contribution < 1.29 is 9.47 Å². The highest BCUT2D eigenvalue weighted by Gasteiger charge is 2.28. The Labute approximate surface area is 223 Å². The van der Waals surface area contributed by atoms with E-state index >= 15 is 0 Å². The van der Waals surface area contributed by atoms with Crippen LogP contribution in [0.1, 0.15) is 45.4 Å². The average Bonchev–Trinajstić information content (AvgIpc) is 2.87. The second kappa shape index (κ2) is 12.7. The molecule has 0 unspecified atom stereocenters. The maximum absolute atomic E-state index is 6.52. The first-order valence-corrected chi connectivity index (χ1v) is 13.4. The number of rotatable bonds is 10. The Morgan fingerprint density at radius 2 is 1.83 bits per heavy atom. The van der Waals surface area contributed by atoms with Gasteiger partial charge in [-0.3, -0.25) is 0 Å². The average molecular weight is 539 g/mol. The standard InChI is InChI=1S/C25H37Cl2N7O2/c1-16(14-35-2)32-17-3-5-18(6-4-17)33-21-11-19(20(26)12-29-21)23-24(27)30-13-22(34-23)31-15-25(28)7-9-36-10-8-25/h11-13,16-18,32H,3-10,14-15,28H2,1-2H3,(H,29,33)(H,31,34)/t16-,17-,18-/m1/s1. The number of halogens is 2. The van der Waals surface area contributed by atoms with Crippen molar-refractivity contribution in [3.05, 3.63) is 28.6 Å². The van der Waals surface area contributed by atoms with Crippen LogP contribution in [0.25, 0.3) is 11.3 Å². The summed E-state index contributed by atoms with van der Waals surface area (Å²) in [5.74, 6) is 1.35. The highest BCUT2D eigenvalue weighted by Crippen LogP contribution is 2.33. The van der Waals surface area contributed by atoms with Gasteiger partial charge in [-0.1, -0.05) is 23.2 Å². The molecule has 1 aliphatic heterocycles. The highest BCUT2D eigenvalue weighted by atomic mass is 35.5. The number of pyridine rings is 1. The molecule has 2 aromatic rings. The van der Waals surface area contributed by atoms with Gasteiger partial charge in [0, 0.05) is 62.3 Å². The molecule has 0 spiro atoms. The molecular weight excluding hydrogens is 501 g/mol. The Morgan fingerprint density at radius 1 is 1.11 bits per heavy atom. The third-order valence-corrected chi connectivity index (χ3v) is 7.54. The van der Waals surface area contributed by atoms with Crippen LogP contribution in [0, 0.1) is 0 Å². The molecule has 3 heterocycles. The summed E-state index contributed by atoms with van der Waals surface area (Å²) >= 11 is 13.0. The quantitative estimate of drug-likeness (QED) is 0.354. The number of nitrogens with zero attached hydrogens (tertiary/aromatic N) is 3. The molecule has 36 heavy (non-hydrogen) atoms. The van der Waals surface area contributed by atoms with Crippen LogP contribution in [0.3, 0.4) is 0 Å². The molecule has 1 saturated carbocycles. The monoisotopic (exact) mass is 537 g/mol. The van der Waals surface area contributed by atoms with Crippen LogP contribution in [0.5, 0.6) is 0 Å². The lowest BCUT2D eigenvalue weighted by Crippen LogP contribution is -2.50. The molecule has 0 amide bonds. The summed E-state index contributed by atoms with van der Waals surface area (Å²) in [4.78, 5) is 13.5. The molecule has 2 aliphatic rings. The fourth-order valence-electron chi connectivity index (χ4n) is 4.87. The minimum absolute atomic E-state index is 0.282. The summed E-state index contributed by atoms with van der Waals surface area (Å²) in [7, 11) is 1.74. The van der Waals surface area contributed by atoms with E-state index in [4.69, 9.17) is 43.4 Å². The number of methoxy groups -OCH3 is 1. The SMILES string of the molecule is COC[C@@H](C)N[C@H]1CC[C@H](Nc2cc(-c3nc(NCC4(N)CCOCC4)cnc3Cl)c(Cl)cn2)CC1. The molecule has 198 valence electrons. The van der Waals surface area contributed by atoms with Crippen LogP contribution in [-0.2, 0) is 9.47 Å². The van der Waals surface area contributed by atoms with Gasteiger partial charge in [0.2, 0.25) is 0 Å². The van der Waals surface area contributed by atoms with Crippen molar-refractivity contribution in [2.24, 2.45) is 5.73 Å². The van der Waals surface area contributed by atoms with Gasteiger partial charge in [0.1, 0.15) is 17.3 Å². The molecular formula is C25H37Cl2N7O2. The van der Waals surface area contributed by atoms with E-state index in [9.17, 15) is 0 Å². The second-order valence-corrected chi connectivity index (χ2v) is 10.8. The molecule has 9 nitrogen and oxygen atoms in total. The van der Waals surface area contributed by atoms with E-state index in [0.29, 0.717) is 60.0 Å². The molecule has 2 aromatic heterocycles. The highest BCUT2D eigenvalue weighted by molar-refractivity contribution is 6.35. The van der Waals surface area contributed by atoms with Gasteiger partial charge in [-0.15, -0.1) is 0 Å². The zero-order valence-corrected chi connectivity index (χ0v) is 22.5. The molecule has 0 aromatic carbocycles. The summed E-state index contributed by atoms with van der Waals surface area (Å²) in [5, 5.41) is 11.3. The summed E-state index contributed by atoms with van der Waals surface area (Å²) in [6.07, 6.45) is 9.16. The van der Waals surface area contributed by atoms with E-state index in [-0.39, 0.29) is 10.7 Å². The first-order chi connectivity index (χ1) is 17.3. The van der Waals surface area contributed by atoms with Crippen LogP contribution in [0.15, 0.2) is 18.5 Å². The Morgan fingerprint density at radius 3 is 2.56 bits per heavy atom. The number of hydrogen-bond acceptors (Lipinski definition) is 9. The predicted octanol–water partition coefficient (Wildman–Crippen LogP) is 4.11. The molecule has 0 radical (unpaired) electrons. The van der Waals surface area contributed by atoms with E-state index < -0.39 is 0 Å². The van der Waals surface area contributed by atoms with Crippen LogP contribution >= 0.6 is 23.2 Å². The van der Waals surface area contributed by atoms with Crippen molar-refractivity contribution in [1.29, 1.82) is 0 Å². The lowest BCUT2D eigenvalue weighted by atomic mass is 9.90.